The molecule has 8 heteroatoms. The van der Waals surface area contributed by atoms with Crippen LogP contribution in [0.3, 0.4) is 0 Å². The van der Waals surface area contributed by atoms with Gasteiger partial charge in [0.25, 0.3) is 5.91 Å². The minimum absolute atomic E-state index is 0.0883. The summed E-state index contributed by atoms with van der Waals surface area (Å²) in [5.74, 6) is -0.517. The van der Waals surface area contributed by atoms with E-state index in [1.807, 2.05) is 13.0 Å². The molecule has 1 aromatic carbocycles. The van der Waals surface area contributed by atoms with E-state index in [0.717, 1.165) is 5.56 Å². The van der Waals surface area contributed by atoms with E-state index in [1.165, 1.54) is 0 Å². The van der Waals surface area contributed by atoms with Gasteiger partial charge in [0.1, 0.15) is 0 Å². The highest BCUT2D eigenvalue weighted by Crippen LogP contribution is 2.22. The zero-order valence-electron chi connectivity index (χ0n) is 13.5. The number of anilines is 1. The molecule has 0 heterocycles. The third-order valence-electron chi connectivity index (χ3n) is 3.00. The zero-order chi connectivity index (χ0) is 17.4. The Labute approximate surface area is 134 Å². The monoisotopic (exact) mass is 325 g/mol. The van der Waals surface area contributed by atoms with Gasteiger partial charge in [0, 0.05) is 12.2 Å². The third kappa shape index (κ3) is 5.76. The van der Waals surface area contributed by atoms with Crippen molar-refractivity contribution in [3.05, 3.63) is 28.8 Å². The predicted octanol–water partition coefficient (Wildman–Crippen LogP) is 0.459. The molecule has 2 amide bonds. The molecule has 1 rings (SSSR count). The minimum atomic E-state index is -0.940. The fourth-order valence-electron chi connectivity index (χ4n) is 2.04. The van der Waals surface area contributed by atoms with Crippen molar-refractivity contribution in [2.24, 2.45) is 0 Å². The first-order chi connectivity index (χ1) is 10.9. The van der Waals surface area contributed by atoms with Gasteiger partial charge in [0.05, 0.1) is 24.9 Å². The predicted molar refractivity (Wildman–Crippen MR) is 85.1 cm³/mol. The summed E-state index contributed by atoms with van der Waals surface area (Å²) in [5.41, 5.74) is 6.88. The Hall–Kier alpha value is -2.32. The molecule has 5 N–H and O–H groups in total. The first-order valence-electron chi connectivity index (χ1n) is 7.26. The summed E-state index contributed by atoms with van der Waals surface area (Å²) >= 11 is 0. The van der Waals surface area contributed by atoms with Crippen LogP contribution in [0, 0.1) is 13.8 Å². The summed E-state index contributed by atoms with van der Waals surface area (Å²) in [6.07, 6.45) is -1.69. The van der Waals surface area contributed by atoms with Gasteiger partial charge in [-0.15, -0.1) is 0 Å². The number of amides is 2. The number of aliphatic hydroxyl groups excluding tert-OH is 2. The van der Waals surface area contributed by atoms with Crippen molar-refractivity contribution in [3.63, 3.8) is 0 Å². The van der Waals surface area contributed by atoms with Gasteiger partial charge in [-0.3, -0.25) is 10.2 Å². The van der Waals surface area contributed by atoms with Crippen LogP contribution in [0.15, 0.2) is 12.1 Å². The molecule has 1 aromatic rings. The standard InChI is InChI=1S/C15H23N3O5/c1-4-23-15(22)18-17-14(21)13-10(3)5-9(2)6-12(13)16-7-11(20)8-19/h5-6,11,16,19-20H,4,7-8H2,1-3H3,(H,17,21)(H,18,22). The Morgan fingerprint density at radius 1 is 1.26 bits per heavy atom. The number of carbonyl (C=O) groups excluding carboxylic acids is 2. The van der Waals surface area contributed by atoms with Crippen molar-refractivity contribution in [1.82, 2.24) is 10.9 Å². The van der Waals surface area contributed by atoms with E-state index in [-0.39, 0.29) is 19.8 Å². The Balaban J connectivity index is 2.90. The Morgan fingerprint density at radius 2 is 1.96 bits per heavy atom. The second-order valence-corrected chi connectivity index (χ2v) is 5.02. The van der Waals surface area contributed by atoms with E-state index >= 15 is 0 Å². The summed E-state index contributed by atoms with van der Waals surface area (Å²) in [5, 5.41) is 21.2. The number of carbonyl (C=O) groups is 2. The van der Waals surface area contributed by atoms with Crippen LogP contribution in [0.1, 0.15) is 28.4 Å². The van der Waals surface area contributed by atoms with Crippen molar-refractivity contribution in [1.29, 1.82) is 0 Å². The average Bonchev–Trinajstić information content (AvgIpc) is 2.50. The summed E-state index contributed by atoms with van der Waals surface area (Å²) in [6, 6.07) is 3.57. The van der Waals surface area contributed by atoms with Crippen LogP contribution in [0.4, 0.5) is 10.5 Å². The first-order valence-corrected chi connectivity index (χ1v) is 7.26. The third-order valence-corrected chi connectivity index (χ3v) is 3.00. The SMILES string of the molecule is CCOC(=O)NNC(=O)c1c(C)cc(C)cc1NCC(O)CO. The van der Waals surface area contributed by atoms with E-state index in [4.69, 9.17) is 5.11 Å². The van der Waals surface area contributed by atoms with Crippen LogP contribution < -0.4 is 16.2 Å². The molecule has 128 valence electrons. The van der Waals surface area contributed by atoms with E-state index in [0.29, 0.717) is 16.8 Å². The highest BCUT2D eigenvalue weighted by Gasteiger charge is 2.17. The number of hydrazine groups is 1. The molecule has 0 bridgehead atoms. The number of rotatable bonds is 6. The molecule has 0 saturated heterocycles. The summed E-state index contributed by atoms with van der Waals surface area (Å²) < 4.78 is 4.66. The molecule has 0 aliphatic carbocycles. The van der Waals surface area contributed by atoms with Gasteiger partial charge < -0.3 is 20.3 Å². The molecule has 1 atom stereocenters. The number of hydrogen-bond acceptors (Lipinski definition) is 6. The lowest BCUT2D eigenvalue weighted by Crippen LogP contribution is -2.42. The van der Waals surface area contributed by atoms with E-state index < -0.39 is 18.1 Å². The maximum absolute atomic E-state index is 12.3. The summed E-state index contributed by atoms with van der Waals surface area (Å²) in [7, 11) is 0. The van der Waals surface area contributed by atoms with Crippen LogP contribution in [0.2, 0.25) is 0 Å². The topological polar surface area (TPSA) is 120 Å². The number of aliphatic hydroxyl groups is 2. The zero-order valence-corrected chi connectivity index (χ0v) is 13.5. The van der Waals surface area contributed by atoms with Crippen molar-refractivity contribution in [3.8, 4) is 0 Å². The number of hydrogen-bond donors (Lipinski definition) is 5. The molecule has 1 unspecified atom stereocenters. The van der Waals surface area contributed by atoms with Gasteiger partial charge in [-0.05, 0) is 38.0 Å². The molecule has 0 saturated carbocycles. The number of benzene rings is 1. The van der Waals surface area contributed by atoms with Crippen LogP contribution in [-0.4, -0.2) is 48.1 Å². The highest BCUT2D eigenvalue weighted by atomic mass is 16.5. The maximum atomic E-state index is 12.3. The van der Waals surface area contributed by atoms with Crippen LogP contribution in [-0.2, 0) is 4.74 Å². The lowest BCUT2D eigenvalue weighted by Gasteiger charge is -2.17. The van der Waals surface area contributed by atoms with Crippen LogP contribution >= 0.6 is 0 Å². The lowest BCUT2D eigenvalue weighted by atomic mass is 10.0. The fraction of sp³-hybridized carbons (Fsp3) is 0.467. The number of nitrogens with one attached hydrogen (secondary N) is 3. The Morgan fingerprint density at radius 3 is 2.57 bits per heavy atom. The minimum Gasteiger partial charge on any atom is -0.449 e. The maximum Gasteiger partial charge on any atom is 0.426 e. The molecular weight excluding hydrogens is 302 g/mol. The molecule has 0 spiro atoms. The van der Waals surface area contributed by atoms with Gasteiger partial charge in [0.2, 0.25) is 0 Å². The first kappa shape index (κ1) is 18.7. The number of aryl methyl sites for hydroxylation is 2. The molecule has 0 fully saturated rings. The second kappa shape index (κ2) is 8.96. The van der Waals surface area contributed by atoms with E-state index in [2.05, 4.69) is 20.9 Å². The fourth-order valence-corrected chi connectivity index (χ4v) is 2.04. The van der Waals surface area contributed by atoms with E-state index in [9.17, 15) is 14.7 Å². The normalized spacial score (nSPS) is 11.5. The largest absolute Gasteiger partial charge is 0.449 e. The van der Waals surface area contributed by atoms with Gasteiger partial charge in [-0.2, -0.15) is 0 Å². The molecule has 0 aromatic heterocycles. The smallest absolute Gasteiger partial charge is 0.426 e. The molecule has 23 heavy (non-hydrogen) atoms. The summed E-state index contributed by atoms with van der Waals surface area (Å²) in [6.45, 7) is 5.19. The van der Waals surface area contributed by atoms with Crippen molar-refractivity contribution in [2.75, 3.05) is 25.1 Å². The van der Waals surface area contributed by atoms with Crippen molar-refractivity contribution < 1.29 is 24.5 Å². The number of ether oxygens (including phenoxy) is 1. The Bertz CT molecular complexity index is 562. The molecule has 8 nitrogen and oxygen atoms in total. The van der Waals surface area contributed by atoms with Gasteiger partial charge in [-0.1, -0.05) is 6.07 Å². The molecule has 0 aliphatic rings. The highest BCUT2D eigenvalue weighted by molar-refractivity contribution is 6.01. The molecule has 0 aliphatic heterocycles. The lowest BCUT2D eigenvalue weighted by molar-refractivity contribution is 0.0912. The van der Waals surface area contributed by atoms with E-state index in [1.54, 1.807) is 19.9 Å². The van der Waals surface area contributed by atoms with Crippen molar-refractivity contribution in [2.45, 2.75) is 26.9 Å². The average molecular weight is 325 g/mol. The second-order valence-electron chi connectivity index (χ2n) is 5.02. The quantitative estimate of drug-likeness (QED) is 0.485. The van der Waals surface area contributed by atoms with Gasteiger partial charge >= 0.3 is 6.09 Å². The van der Waals surface area contributed by atoms with Crippen LogP contribution in [0.25, 0.3) is 0 Å². The Kier molecular flexibility index (Phi) is 7.30. The van der Waals surface area contributed by atoms with Gasteiger partial charge in [0.15, 0.2) is 0 Å². The van der Waals surface area contributed by atoms with Crippen molar-refractivity contribution >= 4 is 17.7 Å². The van der Waals surface area contributed by atoms with Gasteiger partial charge in [-0.25, -0.2) is 10.2 Å². The molecular formula is C15H23N3O5. The molecule has 0 radical (unpaired) electrons. The summed E-state index contributed by atoms with van der Waals surface area (Å²) in [4.78, 5) is 23.5. The van der Waals surface area contributed by atoms with Crippen LogP contribution in [0.5, 0.6) is 0 Å².